The fourth-order valence-corrected chi connectivity index (χ4v) is 0.447. The van der Waals surface area contributed by atoms with Crippen molar-refractivity contribution in [2.24, 2.45) is 5.73 Å². The Morgan fingerprint density at radius 1 is 1.46 bits per heavy atom. The van der Waals surface area contributed by atoms with Gasteiger partial charge in [-0.2, -0.15) is 8.42 Å². The van der Waals surface area contributed by atoms with E-state index in [0.29, 0.717) is 0 Å². The summed E-state index contributed by atoms with van der Waals surface area (Å²) in [5.41, 5.74) is 4.53. The summed E-state index contributed by atoms with van der Waals surface area (Å²) in [6, 6.07) is 0. The van der Waals surface area contributed by atoms with E-state index in [1.54, 1.807) is 0 Å². The molecule has 0 aromatic rings. The maximum absolute atomic E-state index is 9.72. The van der Waals surface area contributed by atoms with Crippen LogP contribution in [0.15, 0.2) is 25.3 Å². The number of primary amides is 1. The van der Waals surface area contributed by atoms with Crippen molar-refractivity contribution in [3.8, 4) is 0 Å². The molecule has 0 aliphatic rings. The van der Waals surface area contributed by atoms with E-state index in [1.165, 1.54) is 0 Å². The average Bonchev–Trinajstić information content (AvgIpc) is 1.86. The molecule has 0 unspecified atom stereocenters. The van der Waals surface area contributed by atoms with Crippen molar-refractivity contribution in [1.29, 1.82) is 0 Å². The van der Waals surface area contributed by atoms with Gasteiger partial charge < -0.3 is 5.73 Å². The zero-order chi connectivity index (χ0) is 10.2. The van der Waals surface area contributed by atoms with Crippen LogP contribution >= 0.6 is 0 Å². The Morgan fingerprint density at radius 3 is 1.77 bits per heavy atom. The molecule has 7 heteroatoms. The van der Waals surface area contributed by atoms with Gasteiger partial charge >= 0.3 is 29.6 Å². The van der Waals surface area contributed by atoms with E-state index in [-0.39, 0.29) is 35.3 Å². The SMILES string of the molecule is C=CC(N)=O.C=CCS(=O)(=O)O.[NaH]. The molecule has 0 atom stereocenters. The number of carbonyl (C=O) groups is 1. The standard InChI is InChI=1S/C3H5NO.C3H6O3S.Na.H/c1-2-3(4)5;1-2-3-7(4,5)6;;/h2H,1H2,(H2,4,5);2H,1,3H2,(H,4,5,6);;. The van der Waals surface area contributed by atoms with Crippen molar-refractivity contribution in [1.82, 2.24) is 0 Å². The summed E-state index contributed by atoms with van der Waals surface area (Å²) in [7, 11) is -3.79. The minimum absolute atomic E-state index is 0. The first kappa shape index (κ1) is 18.6. The van der Waals surface area contributed by atoms with Gasteiger partial charge in [0.25, 0.3) is 10.1 Å². The molecular weight excluding hydrogens is 205 g/mol. The molecule has 3 N–H and O–H groups in total. The van der Waals surface area contributed by atoms with Crippen LogP contribution in [0, 0.1) is 0 Å². The van der Waals surface area contributed by atoms with Crippen molar-refractivity contribution in [3.63, 3.8) is 0 Å². The van der Waals surface area contributed by atoms with Crippen LogP contribution in [-0.4, -0.2) is 54.2 Å². The van der Waals surface area contributed by atoms with Gasteiger partial charge in [-0.05, 0) is 6.08 Å². The van der Waals surface area contributed by atoms with Gasteiger partial charge in [-0.25, -0.2) is 0 Å². The Kier molecular flexibility index (Phi) is 14.2. The van der Waals surface area contributed by atoms with Crippen LogP contribution in [0.2, 0.25) is 0 Å². The molecule has 5 nitrogen and oxygen atoms in total. The van der Waals surface area contributed by atoms with Gasteiger partial charge in [0.15, 0.2) is 0 Å². The topological polar surface area (TPSA) is 97.5 Å². The van der Waals surface area contributed by atoms with E-state index in [4.69, 9.17) is 4.55 Å². The van der Waals surface area contributed by atoms with E-state index in [1.807, 2.05) is 0 Å². The molecule has 0 bridgehead atoms. The summed E-state index contributed by atoms with van der Waals surface area (Å²) in [4.78, 5) is 9.47. The summed E-state index contributed by atoms with van der Waals surface area (Å²) in [5, 5.41) is 0. The van der Waals surface area contributed by atoms with Crippen LogP contribution < -0.4 is 5.73 Å². The maximum atomic E-state index is 9.72. The molecular formula is C6H12NNaO4S. The average molecular weight is 217 g/mol. The van der Waals surface area contributed by atoms with Crippen LogP contribution in [-0.2, 0) is 14.9 Å². The Morgan fingerprint density at radius 2 is 1.77 bits per heavy atom. The summed E-state index contributed by atoms with van der Waals surface area (Å²) < 4.78 is 27.3. The molecule has 0 aromatic carbocycles. The summed E-state index contributed by atoms with van der Waals surface area (Å²) in [6.45, 7) is 6.19. The molecule has 0 saturated carbocycles. The Labute approximate surface area is 99.7 Å². The second-order valence-corrected chi connectivity index (χ2v) is 3.14. The Hall–Kier alpha value is -0.140. The van der Waals surface area contributed by atoms with Gasteiger partial charge in [0.1, 0.15) is 0 Å². The van der Waals surface area contributed by atoms with Gasteiger partial charge in [0.05, 0.1) is 5.75 Å². The molecule has 0 spiro atoms. The third-order valence-electron chi connectivity index (χ3n) is 0.530. The van der Waals surface area contributed by atoms with Crippen molar-refractivity contribution >= 4 is 45.6 Å². The monoisotopic (exact) mass is 217 g/mol. The zero-order valence-corrected chi connectivity index (χ0v) is 7.25. The quantitative estimate of drug-likeness (QED) is 0.276. The van der Waals surface area contributed by atoms with Gasteiger partial charge in [-0.3, -0.25) is 9.35 Å². The molecule has 0 rings (SSSR count). The fourth-order valence-electron chi connectivity index (χ4n) is 0.149. The summed E-state index contributed by atoms with van der Waals surface area (Å²) in [6.07, 6.45) is 2.18. The van der Waals surface area contributed by atoms with Gasteiger partial charge in [-0.1, -0.05) is 12.7 Å². The van der Waals surface area contributed by atoms with Crippen LogP contribution in [0.5, 0.6) is 0 Å². The molecule has 0 saturated heterocycles. The van der Waals surface area contributed by atoms with Crippen LogP contribution in [0.4, 0.5) is 0 Å². The molecule has 13 heavy (non-hydrogen) atoms. The number of hydrogen-bond donors (Lipinski definition) is 2. The van der Waals surface area contributed by atoms with Crippen molar-refractivity contribution in [3.05, 3.63) is 25.3 Å². The molecule has 0 heterocycles. The molecule has 0 aliphatic heterocycles. The van der Waals surface area contributed by atoms with Gasteiger partial charge in [-0.15, -0.1) is 6.58 Å². The predicted octanol–water partition coefficient (Wildman–Crippen LogP) is -0.931. The number of carbonyl (C=O) groups excluding carboxylic acids is 1. The number of rotatable bonds is 3. The van der Waals surface area contributed by atoms with E-state index in [0.717, 1.165) is 12.2 Å². The van der Waals surface area contributed by atoms with E-state index in [2.05, 4.69) is 18.9 Å². The van der Waals surface area contributed by atoms with E-state index < -0.39 is 16.0 Å². The van der Waals surface area contributed by atoms with Crippen LogP contribution in [0.25, 0.3) is 0 Å². The molecule has 0 radical (unpaired) electrons. The minimum atomic E-state index is -3.79. The van der Waals surface area contributed by atoms with Gasteiger partial charge in [0, 0.05) is 0 Å². The summed E-state index contributed by atoms with van der Waals surface area (Å²) >= 11 is 0. The summed E-state index contributed by atoms with van der Waals surface area (Å²) in [5.74, 6) is -0.850. The van der Waals surface area contributed by atoms with Gasteiger partial charge in [0.2, 0.25) is 5.91 Å². The first-order chi connectivity index (χ1) is 5.33. The number of amides is 1. The third-order valence-corrected chi connectivity index (χ3v) is 1.19. The normalized spacial score (nSPS) is 8.38. The zero-order valence-electron chi connectivity index (χ0n) is 6.43. The van der Waals surface area contributed by atoms with Crippen LogP contribution in [0.1, 0.15) is 0 Å². The van der Waals surface area contributed by atoms with Crippen molar-refractivity contribution < 1.29 is 17.8 Å². The second kappa shape index (κ2) is 9.94. The second-order valence-electron chi connectivity index (χ2n) is 1.64. The fraction of sp³-hybridized carbons (Fsp3) is 0.167. The van der Waals surface area contributed by atoms with E-state index in [9.17, 15) is 13.2 Å². The van der Waals surface area contributed by atoms with E-state index >= 15 is 0 Å². The Balaban J connectivity index is -0.000000150. The number of hydrogen-bond acceptors (Lipinski definition) is 3. The Bertz CT molecular complexity index is 260. The molecule has 1 amide bonds. The molecule has 0 fully saturated rings. The predicted molar refractivity (Wildman–Crippen MR) is 53.2 cm³/mol. The van der Waals surface area contributed by atoms with Crippen molar-refractivity contribution in [2.75, 3.05) is 5.75 Å². The van der Waals surface area contributed by atoms with Crippen LogP contribution in [0.3, 0.4) is 0 Å². The molecule has 0 aliphatic carbocycles. The first-order valence-electron chi connectivity index (χ1n) is 2.81. The van der Waals surface area contributed by atoms with Crippen molar-refractivity contribution in [2.45, 2.75) is 0 Å². The first-order valence-corrected chi connectivity index (χ1v) is 4.42. The third kappa shape index (κ3) is 33.6. The number of nitrogens with two attached hydrogens (primary N) is 1. The molecule has 0 aromatic heterocycles. The molecule has 72 valence electrons.